The van der Waals surface area contributed by atoms with Crippen molar-refractivity contribution in [3.05, 3.63) is 40.5 Å². The van der Waals surface area contributed by atoms with Gasteiger partial charge in [0.25, 0.3) is 0 Å². The smallest absolute Gasteiger partial charge is 0.323 e. The molecule has 1 N–H and O–H groups in total. The SMILES string of the molecule is Cc1ccnc(NC(=O)N2CCC3(CC2)CC3N(C)Cc2nccs2)c1. The van der Waals surface area contributed by atoms with Crippen molar-refractivity contribution in [3.8, 4) is 0 Å². The zero-order valence-electron chi connectivity index (χ0n) is 15.3. The van der Waals surface area contributed by atoms with Crippen LogP contribution in [0, 0.1) is 12.3 Å². The molecule has 26 heavy (non-hydrogen) atoms. The van der Waals surface area contributed by atoms with Gasteiger partial charge in [0, 0.05) is 36.9 Å². The van der Waals surface area contributed by atoms with E-state index < -0.39 is 0 Å². The maximum Gasteiger partial charge on any atom is 0.323 e. The number of nitrogens with zero attached hydrogens (tertiary/aromatic N) is 4. The van der Waals surface area contributed by atoms with Gasteiger partial charge >= 0.3 is 6.03 Å². The summed E-state index contributed by atoms with van der Waals surface area (Å²) < 4.78 is 0. The van der Waals surface area contributed by atoms with Gasteiger partial charge in [0.05, 0.1) is 6.54 Å². The fraction of sp³-hybridized carbons (Fsp3) is 0.526. The number of hydrogen-bond acceptors (Lipinski definition) is 5. The molecule has 1 saturated heterocycles. The molecule has 2 aliphatic rings. The molecule has 0 bridgehead atoms. The van der Waals surface area contributed by atoms with E-state index in [2.05, 4.69) is 27.2 Å². The monoisotopic (exact) mass is 371 g/mol. The Morgan fingerprint density at radius 3 is 2.88 bits per heavy atom. The van der Waals surface area contributed by atoms with Crippen molar-refractivity contribution in [1.29, 1.82) is 0 Å². The minimum absolute atomic E-state index is 0.0358. The number of anilines is 1. The predicted octanol–water partition coefficient (Wildman–Crippen LogP) is 3.36. The van der Waals surface area contributed by atoms with Crippen LogP contribution in [0.15, 0.2) is 29.9 Å². The van der Waals surface area contributed by atoms with Gasteiger partial charge in [-0.2, -0.15) is 0 Å². The Balaban J connectivity index is 1.28. The quantitative estimate of drug-likeness (QED) is 0.895. The van der Waals surface area contributed by atoms with Gasteiger partial charge in [0.2, 0.25) is 0 Å². The number of pyridine rings is 1. The minimum Gasteiger partial charge on any atom is -0.324 e. The van der Waals surface area contributed by atoms with E-state index in [9.17, 15) is 4.79 Å². The van der Waals surface area contributed by atoms with Gasteiger partial charge in [-0.15, -0.1) is 11.3 Å². The average Bonchev–Trinajstić information content (AvgIpc) is 3.07. The summed E-state index contributed by atoms with van der Waals surface area (Å²) in [5.74, 6) is 0.628. The number of aryl methyl sites for hydroxylation is 1. The van der Waals surface area contributed by atoms with E-state index in [4.69, 9.17) is 0 Å². The van der Waals surface area contributed by atoms with Crippen molar-refractivity contribution in [1.82, 2.24) is 19.8 Å². The van der Waals surface area contributed by atoms with Crippen molar-refractivity contribution in [3.63, 3.8) is 0 Å². The fourth-order valence-corrected chi connectivity index (χ4v) is 4.77. The number of hydrogen-bond donors (Lipinski definition) is 1. The van der Waals surface area contributed by atoms with Crippen LogP contribution in [0.4, 0.5) is 10.6 Å². The number of carbonyl (C=O) groups excluding carboxylic acids is 1. The third-order valence-electron chi connectivity index (χ3n) is 5.74. The lowest BCUT2D eigenvalue weighted by atomic mass is 9.92. The first-order chi connectivity index (χ1) is 12.6. The molecule has 1 saturated carbocycles. The van der Waals surface area contributed by atoms with E-state index in [0.717, 1.165) is 38.0 Å². The van der Waals surface area contributed by atoms with Gasteiger partial charge in [0.1, 0.15) is 10.8 Å². The standard InChI is InChI=1S/C19H25N5OS/c1-14-3-6-20-16(11-14)22-18(25)24-8-4-19(5-9-24)12-15(19)23(2)13-17-21-7-10-26-17/h3,6-7,10-11,15H,4-5,8-9,12-13H2,1-2H3,(H,20,22,25). The Hall–Kier alpha value is -1.99. The number of carbonyl (C=O) groups is 1. The van der Waals surface area contributed by atoms with Crippen LogP contribution in [-0.2, 0) is 6.54 Å². The minimum atomic E-state index is -0.0358. The fourth-order valence-electron chi connectivity index (χ4n) is 4.09. The van der Waals surface area contributed by atoms with Crippen LogP contribution in [0.25, 0.3) is 0 Å². The third kappa shape index (κ3) is 3.59. The Bertz CT molecular complexity index is 770. The van der Waals surface area contributed by atoms with Crippen molar-refractivity contribution >= 4 is 23.2 Å². The maximum atomic E-state index is 12.5. The predicted molar refractivity (Wildman–Crippen MR) is 103 cm³/mol. The van der Waals surface area contributed by atoms with Gasteiger partial charge in [0.15, 0.2) is 0 Å². The molecule has 6 nitrogen and oxygen atoms in total. The molecule has 2 aromatic heterocycles. The van der Waals surface area contributed by atoms with E-state index in [1.807, 2.05) is 35.5 Å². The third-order valence-corrected chi connectivity index (χ3v) is 6.51. The molecular formula is C19H25N5OS. The Morgan fingerprint density at radius 1 is 1.38 bits per heavy atom. The first-order valence-corrected chi connectivity index (χ1v) is 10.0. The largest absolute Gasteiger partial charge is 0.324 e. The highest BCUT2D eigenvalue weighted by atomic mass is 32.1. The number of thiazole rings is 1. The molecule has 4 rings (SSSR count). The van der Waals surface area contributed by atoms with Gasteiger partial charge in [-0.1, -0.05) is 0 Å². The molecule has 1 aliphatic carbocycles. The number of nitrogens with one attached hydrogen (secondary N) is 1. The van der Waals surface area contributed by atoms with E-state index in [1.165, 1.54) is 11.4 Å². The highest BCUT2D eigenvalue weighted by Gasteiger charge is 2.56. The molecule has 1 aliphatic heterocycles. The van der Waals surface area contributed by atoms with Gasteiger partial charge < -0.3 is 4.90 Å². The van der Waals surface area contributed by atoms with Gasteiger partial charge in [-0.05, 0) is 56.3 Å². The first-order valence-electron chi connectivity index (χ1n) is 9.13. The first kappa shape index (κ1) is 17.4. The number of likely N-dealkylation sites (tertiary alicyclic amines) is 1. The maximum absolute atomic E-state index is 12.5. The lowest BCUT2D eigenvalue weighted by molar-refractivity contribution is 0.156. The van der Waals surface area contributed by atoms with Crippen molar-refractivity contribution in [2.45, 2.75) is 38.8 Å². The zero-order chi connectivity index (χ0) is 18.1. The van der Waals surface area contributed by atoms with Crippen LogP contribution in [0.3, 0.4) is 0 Å². The van der Waals surface area contributed by atoms with Crippen LogP contribution >= 0.6 is 11.3 Å². The van der Waals surface area contributed by atoms with Gasteiger partial charge in [-0.3, -0.25) is 10.2 Å². The number of piperidine rings is 1. The van der Waals surface area contributed by atoms with E-state index in [0.29, 0.717) is 17.3 Å². The molecule has 2 fully saturated rings. The van der Waals surface area contributed by atoms with Crippen molar-refractivity contribution in [2.24, 2.45) is 5.41 Å². The topological polar surface area (TPSA) is 61.4 Å². The summed E-state index contributed by atoms with van der Waals surface area (Å²) in [4.78, 5) is 25.5. The molecule has 1 unspecified atom stereocenters. The molecule has 3 heterocycles. The summed E-state index contributed by atoms with van der Waals surface area (Å²) in [5.41, 5.74) is 1.49. The van der Waals surface area contributed by atoms with Crippen molar-refractivity contribution in [2.75, 3.05) is 25.5 Å². The Kier molecular flexibility index (Phi) is 4.67. The summed E-state index contributed by atoms with van der Waals surface area (Å²) in [5, 5.41) is 6.13. The van der Waals surface area contributed by atoms with E-state index in [1.54, 1.807) is 17.5 Å². The lowest BCUT2D eigenvalue weighted by Crippen LogP contribution is -2.43. The summed E-state index contributed by atoms with van der Waals surface area (Å²) in [6, 6.07) is 4.41. The average molecular weight is 372 g/mol. The van der Waals surface area contributed by atoms with Gasteiger partial charge in [-0.25, -0.2) is 14.8 Å². The highest BCUT2D eigenvalue weighted by Crippen LogP contribution is 2.56. The van der Waals surface area contributed by atoms with Crippen LogP contribution < -0.4 is 5.32 Å². The van der Waals surface area contributed by atoms with Crippen LogP contribution in [0.1, 0.15) is 29.8 Å². The van der Waals surface area contributed by atoms with E-state index >= 15 is 0 Å². The van der Waals surface area contributed by atoms with Crippen LogP contribution in [-0.4, -0.2) is 52.0 Å². The molecule has 1 spiro atoms. The second-order valence-electron chi connectivity index (χ2n) is 7.56. The second kappa shape index (κ2) is 6.96. The zero-order valence-corrected chi connectivity index (χ0v) is 16.1. The summed E-state index contributed by atoms with van der Waals surface area (Å²) in [6.07, 6.45) is 6.99. The van der Waals surface area contributed by atoms with Crippen molar-refractivity contribution < 1.29 is 4.79 Å². The molecular weight excluding hydrogens is 346 g/mol. The second-order valence-corrected chi connectivity index (χ2v) is 8.54. The number of urea groups is 1. The number of aromatic nitrogens is 2. The summed E-state index contributed by atoms with van der Waals surface area (Å²) in [6.45, 7) is 4.56. The molecule has 2 amide bonds. The highest BCUT2D eigenvalue weighted by molar-refractivity contribution is 7.09. The van der Waals surface area contributed by atoms with E-state index in [-0.39, 0.29) is 6.03 Å². The Labute approximate surface area is 158 Å². The lowest BCUT2D eigenvalue weighted by Gasteiger charge is -2.34. The Morgan fingerprint density at radius 2 is 2.19 bits per heavy atom. The van der Waals surface area contributed by atoms with Crippen LogP contribution in [0.5, 0.6) is 0 Å². The molecule has 7 heteroatoms. The molecule has 138 valence electrons. The summed E-state index contributed by atoms with van der Waals surface area (Å²) in [7, 11) is 2.20. The molecule has 0 radical (unpaired) electrons. The van der Waals surface area contributed by atoms with Crippen LogP contribution in [0.2, 0.25) is 0 Å². The molecule has 0 aromatic carbocycles. The summed E-state index contributed by atoms with van der Waals surface area (Å²) >= 11 is 1.72. The normalized spacial score (nSPS) is 21.2. The molecule has 1 atom stereocenters. The molecule has 2 aromatic rings. The number of rotatable bonds is 4. The number of amides is 2.